The van der Waals surface area contributed by atoms with Crippen LogP contribution < -0.4 is 4.90 Å². The number of rotatable bonds is 3. The van der Waals surface area contributed by atoms with E-state index in [1.54, 1.807) is 12.1 Å². The SMILES string of the molecule is COC(=O)C1CCN(c2ccc(Br)cc2[N+](=O)[O-])CC1. The highest BCUT2D eigenvalue weighted by Gasteiger charge is 2.28. The Hall–Kier alpha value is -1.63. The van der Waals surface area contributed by atoms with Crippen LogP contribution in [0.25, 0.3) is 0 Å². The van der Waals surface area contributed by atoms with Crippen LogP contribution in [0.3, 0.4) is 0 Å². The molecule has 0 radical (unpaired) electrons. The van der Waals surface area contributed by atoms with Crippen molar-refractivity contribution in [3.8, 4) is 0 Å². The van der Waals surface area contributed by atoms with Gasteiger partial charge >= 0.3 is 5.97 Å². The van der Waals surface area contributed by atoms with Gasteiger partial charge in [0.25, 0.3) is 5.69 Å². The number of ether oxygens (including phenoxy) is 1. The summed E-state index contributed by atoms with van der Waals surface area (Å²) in [5.74, 6) is -0.305. The van der Waals surface area contributed by atoms with Crippen LogP contribution in [-0.4, -0.2) is 31.1 Å². The summed E-state index contributed by atoms with van der Waals surface area (Å²) in [6.45, 7) is 1.23. The lowest BCUT2D eigenvalue weighted by molar-refractivity contribution is -0.384. The van der Waals surface area contributed by atoms with Gasteiger partial charge in [0.2, 0.25) is 0 Å². The summed E-state index contributed by atoms with van der Waals surface area (Å²) >= 11 is 3.24. The van der Waals surface area contributed by atoms with Crippen molar-refractivity contribution in [1.29, 1.82) is 0 Å². The molecule has 0 amide bonds. The van der Waals surface area contributed by atoms with E-state index in [0.29, 0.717) is 36.1 Å². The summed E-state index contributed by atoms with van der Waals surface area (Å²) in [5.41, 5.74) is 0.678. The zero-order chi connectivity index (χ0) is 14.7. The Labute approximate surface area is 125 Å². The summed E-state index contributed by atoms with van der Waals surface area (Å²) in [4.78, 5) is 24.2. The predicted molar refractivity (Wildman–Crippen MR) is 77.7 cm³/mol. The third kappa shape index (κ3) is 3.09. The molecule has 1 heterocycles. The van der Waals surface area contributed by atoms with Gasteiger partial charge in [0, 0.05) is 23.6 Å². The third-order valence-corrected chi connectivity index (χ3v) is 4.00. The number of nitro benzene ring substituents is 1. The van der Waals surface area contributed by atoms with Crippen molar-refractivity contribution in [2.75, 3.05) is 25.1 Å². The second-order valence-corrected chi connectivity index (χ2v) is 5.59. The number of halogens is 1. The van der Waals surface area contributed by atoms with Crippen molar-refractivity contribution in [1.82, 2.24) is 0 Å². The lowest BCUT2D eigenvalue weighted by atomic mass is 9.96. The Balaban J connectivity index is 2.15. The Morgan fingerprint density at radius 2 is 2.10 bits per heavy atom. The van der Waals surface area contributed by atoms with Crippen LogP contribution in [0.2, 0.25) is 0 Å². The van der Waals surface area contributed by atoms with Gasteiger partial charge in [-0.1, -0.05) is 15.9 Å². The number of methoxy groups -OCH3 is 1. The van der Waals surface area contributed by atoms with Crippen molar-refractivity contribution in [3.63, 3.8) is 0 Å². The van der Waals surface area contributed by atoms with Crippen LogP contribution in [0.5, 0.6) is 0 Å². The minimum atomic E-state index is -0.382. The van der Waals surface area contributed by atoms with Gasteiger partial charge < -0.3 is 9.64 Å². The fourth-order valence-electron chi connectivity index (χ4n) is 2.43. The number of carbonyl (C=O) groups is 1. The molecule has 0 atom stereocenters. The van der Waals surface area contributed by atoms with E-state index in [1.807, 2.05) is 4.90 Å². The van der Waals surface area contributed by atoms with Gasteiger partial charge in [-0.15, -0.1) is 0 Å². The molecule has 6 nitrogen and oxygen atoms in total. The molecule has 1 aromatic rings. The third-order valence-electron chi connectivity index (χ3n) is 3.50. The van der Waals surface area contributed by atoms with E-state index < -0.39 is 0 Å². The predicted octanol–water partition coefficient (Wildman–Crippen LogP) is 2.75. The minimum Gasteiger partial charge on any atom is -0.469 e. The Morgan fingerprint density at radius 3 is 2.65 bits per heavy atom. The van der Waals surface area contributed by atoms with Crippen LogP contribution >= 0.6 is 15.9 Å². The monoisotopic (exact) mass is 342 g/mol. The summed E-state index contributed by atoms with van der Waals surface area (Å²) in [5, 5.41) is 11.1. The normalized spacial score (nSPS) is 16.0. The number of piperidine rings is 1. The molecule has 0 aromatic heterocycles. The summed E-state index contributed by atoms with van der Waals surface area (Å²) in [6, 6.07) is 5.02. The molecule has 0 unspecified atom stereocenters. The van der Waals surface area contributed by atoms with Gasteiger partial charge in [0.1, 0.15) is 5.69 Å². The molecule has 108 valence electrons. The molecule has 0 aliphatic carbocycles. The zero-order valence-corrected chi connectivity index (χ0v) is 12.6. The van der Waals surface area contributed by atoms with E-state index >= 15 is 0 Å². The van der Waals surface area contributed by atoms with E-state index in [9.17, 15) is 14.9 Å². The molecule has 1 aromatic carbocycles. The molecule has 1 saturated heterocycles. The molecule has 0 N–H and O–H groups in total. The largest absolute Gasteiger partial charge is 0.469 e. The van der Waals surface area contributed by atoms with E-state index in [1.165, 1.54) is 13.2 Å². The standard InChI is InChI=1S/C13H15BrN2O4/c1-20-13(17)9-4-6-15(7-5-9)11-3-2-10(14)8-12(11)16(18)19/h2-3,8-9H,4-7H2,1H3. The van der Waals surface area contributed by atoms with E-state index in [4.69, 9.17) is 4.74 Å². The molecule has 0 saturated carbocycles. The number of nitro groups is 1. The highest BCUT2D eigenvalue weighted by Crippen LogP contribution is 2.33. The van der Waals surface area contributed by atoms with Crippen molar-refractivity contribution >= 4 is 33.3 Å². The maximum atomic E-state index is 11.5. The highest BCUT2D eigenvalue weighted by atomic mass is 79.9. The Bertz CT molecular complexity index is 527. The fraction of sp³-hybridized carbons (Fsp3) is 0.462. The van der Waals surface area contributed by atoms with Crippen LogP contribution in [0, 0.1) is 16.0 Å². The van der Waals surface area contributed by atoms with Crippen molar-refractivity contribution in [3.05, 3.63) is 32.8 Å². The van der Waals surface area contributed by atoms with Crippen molar-refractivity contribution < 1.29 is 14.5 Å². The topological polar surface area (TPSA) is 72.7 Å². The first-order valence-corrected chi connectivity index (χ1v) is 7.09. The van der Waals surface area contributed by atoms with Gasteiger partial charge in [0.15, 0.2) is 0 Å². The quantitative estimate of drug-likeness (QED) is 0.479. The van der Waals surface area contributed by atoms with Crippen LogP contribution in [0.1, 0.15) is 12.8 Å². The Morgan fingerprint density at radius 1 is 1.45 bits per heavy atom. The second-order valence-electron chi connectivity index (χ2n) is 4.67. The summed E-state index contributed by atoms with van der Waals surface area (Å²) in [6.07, 6.45) is 1.31. The summed E-state index contributed by atoms with van der Waals surface area (Å²) < 4.78 is 5.41. The van der Waals surface area contributed by atoms with Gasteiger partial charge in [0.05, 0.1) is 18.0 Å². The van der Waals surface area contributed by atoms with Gasteiger partial charge in [-0.05, 0) is 25.0 Å². The highest BCUT2D eigenvalue weighted by molar-refractivity contribution is 9.10. The number of carbonyl (C=O) groups excluding carboxylic acids is 1. The maximum Gasteiger partial charge on any atom is 0.308 e. The first-order valence-electron chi connectivity index (χ1n) is 6.29. The molecule has 2 rings (SSSR count). The first-order chi connectivity index (χ1) is 9.52. The molecule has 0 bridgehead atoms. The fourth-order valence-corrected chi connectivity index (χ4v) is 2.78. The summed E-state index contributed by atoms with van der Waals surface area (Å²) in [7, 11) is 1.38. The van der Waals surface area contributed by atoms with Crippen molar-refractivity contribution in [2.45, 2.75) is 12.8 Å². The molecule has 0 spiro atoms. The number of anilines is 1. The average molecular weight is 343 g/mol. The smallest absolute Gasteiger partial charge is 0.308 e. The van der Waals surface area contributed by atoms with Gasteiger partial charge in [-0.2, -0.15) is 0 Å². The average Bonchev–Trinajstić information content (AvgIpc) is 2.46. The van der Waals surface area contributed by atoms with Crippen molar-refractivity contribution in [2.24, 2.45) is 5.92 Å². The molecular formula is C13H15BrN2O4. The van der Waals surface area contributed by atoms with E-state index in [-0.39, 0.29) is 22.5 Å². The Kier molecular flexibility index (Phi) is 4.59. The number of hydrogen-bond donors (Lipinski definition) is 0. The molecule has 1 fully saturated rings. The van der Waals surface area contributed by atoms with Gasteiger partial charge in [-0.3, -0.25) is 14.9 Å². The van der Waals surface area contributed by atoms with Crippen LogP contribution in [0.4, 0.5) is 11.4 Å². The minimum absolute atomic E-state index is 0.0795. The lowest BCUT2D eigenvalue weighted by Gasteiger charge is -2.32. The molecule has 1 aliphatic heterocycles. The van der Waals surface area contributed by atoms with Gasteiger partial charge in [-0.25, -0.2) is 0 Å². The number of hydrogen-bond acceptors (Lipinski definition) is 5. The van der Waals surface area contributed by atoms with E-state index in [2.05, 4.69) is 15.9 Å². The maximum absolute atomic E-state index is 11.5. The van der Waals surface area contributed by atoms with Crippen LogP contribution in [0.15, 0.2) is 22.7 Å². The molecule has 1 aliphatic rings. The van der Waals surface area contributed by atoms with E-state index in [0.717, 1.165) is 0 Å². The number of esters is 1. The molecule has 7 heteroatoms. The van der Waals surface area contributed by atoms with Crippen LogP contribution in [-0.2, 0) is 9.53 Å². The first kappa shape index (κ1) is 14.8. The second kappa shape index (κ2) is 6.21. The lowest BCUT2D eigenvalue weighted by Crippen LogP contribution is -2.37. The number of nitrogens with zero attached hydrogens (tertiary/aromatic N) is 2. The number of benzene rings is 1. The zero-order valence-electron chi connectivity index (χ0n) is 11.0. The molecule has 20 heavy (non-hydrogen) atoms. The molecular weight excluding hydrogens is 328 g/mol.